The number of hydrogen-bond acceptors (Lipinski definition) is 9. The number of aromatic hydroxyl groups is 1. The minimum Gasteiger partial charge on any atom is -0.507 e. The smallest absolute Gasteiger partial charge is 0.294 e. The number of fused-ring (bicyclic) bond motifs is 1. The fourth-order valence-electron chi connectivity index (χ4n) is 3.45. The van der Waals surface area contributed by atoms with Gasteiger partial charge in [-0.25, -0.2) is 0 Å². The lowest BCUT2D eigenvalue weighted by Gasteiger charge is -2.24. The Hall–Kier alpha value is -3.10. The Morgan fingerprint density at radius 2 is 1.79 bits per heavy atom. The van der Waals surface area contributed by atoms with Gasteiger partial charge in [0.05, 0.1) is 29.5 Å². The first kappa shape index (κ1) is 24.0. The number of rotatable bonds is 6. The number of morpholine rings is 1. The zero-order valence-electron chi connectivity index (χ0n) is 18.0. The number of aryl methyl sites for hydroxylation is 1. The molecule has 0 amide bonds. The van der Waals surface area contributed by atoms with Gasteiger partial charge in [0.25, 0.3) is 21.4 Å². The summed E-state index contributed by atoms with van der Waals surface area (Å²) in [5.41, 5.74) is 7.68. The molecule has 13 heteroatoms. The van der Waals surface area contributed by atoms with Crippen LogP contribution in [0.15, 0.2) is 57.6 Å². The van der Waals surface area contributed by atoms with Gasteiger partial charge in [-0.2, -0.15) is 22.0 Å². The van der Waals surface area contributed by atoms with Gasteiger partial charge in [-0.05, 0) is 54.3 Å². The normalized spacial score (nSPS) is 16.2. The molecule has 3 aromatic rings. The van der Waals surface area contributed by atoms with Gasteiger partial charge in [0.1, 0.15) is 17.2 Å². The van der Waals surface area contributed by atoms with E-state index in [1.807, 2.05) is 0 Å². The quantitative estimate of drug-likeness (QED) is 0.260. The van der Waals surface area contributed by atoms with Gasteiger partial charge in [-0.3, -0.25) is 4.55 Å². The third kappa shape index (κ3) is 5.18. The van der Waals surface area contributed by atoms with Crippen LogP contribution in [-0.2, 0) is 26.1 Å². The Morgan fingerprint density at radius 3 is 2.44 bits per heavy atom. The van der Waals surface area contributed by atoms with Crippen molar-refractivity contribution in [2.24, 2.45) is 10.2 Å². The highest BCUT2D eigenvalue weighted by atomic mass is 32.2. The van der Waals surface area contributed by atoms with Crippen molar-refractivity contribution in [3.8, 4) is 11.5 Å². The largest absolute Gasteiger partial charge is 0.507 e. The number of azo groups is 1. The summed E-state index contributed by atoms with van der Waals surface area (Å²) in [6, 6.07) is 10.2. The highest BCUT2D eigenvalue weighted by Gasteiger charge is 2.19. The molecule has 1 aliphatic rings. The zero-order valence-corrected chi connectivity index (χ0v) is 19.7. The number of benzene rings is 3. The van der Waals surface area contributed by atoms with E-state index in [2.05, 4.69) is 10.2 Å². The molecule has 1 fully saturated rings. The molecule has 0 aromatic heterocycles. The molecule has 4 rings (SSSR count). The molecule has 11 nitrogen and oxygen atoms in total. The molecule has 1 unspecified atom stereocenters. The van der Waals surface area contributed by atoms with E-state index in [1.165, 1.54) is 6.07 Å². The molecule has 4 N–H and O–H groups in total. The Morgan fingerprint density at radius 1 is 1.12 bits per heavy atom. The molecular formula is C21H22N4O7S2. The number of nitrogen functional groups attached to an aromatic ring is 1. The van der Waals surface area contributed by atoms with Crippen molar-refractivity contribution in [3.05, 3.63) is 48.0 Å². The standard InChI is InChI=1S/C21H22N4O7S2/c1-13-10-14-11-17(34(28,29)30)12-18(26)19(14)20(22)21(13)24-23-15-2-4-16(5-3-15)32-33(27)25-6-8-31-9-7-25/h2-5,10-12,26H,6-9,22H2,1H3,(H,28,29,30). The number of anilines is 1. The van der Waals surface area contributed by atoms with Crippen LogP contribution >= 0.6 is 0 Å². The van der Waals surface area contributed by atoms with Crippen LogP contribution in [0.1, 0.15) is 5.56 Å². The maximum absolute atomic E-state index is 12.3. The van der Waals surface area contributed by atoms with Crippen molar-refractivity contribution in [1.82, 2.24) is 4.31 Å². The number of nitrogens with two attached hydrogens (primary N) is 1. The average Bonchev–Trinajstić information content (AvgIpc) is 2.79. The SMILES string of the molecule is Cc1cc2cc(S(=O)(=O)O)cc(O)c2c(N)c1N=Nc1ccc(OS(=O)N2CCOCC2)cc1. The van der Waals surface area contributed by atoms with Crippen molar-refractivity contribution in [3.63, 3.8) is 0 Å². The van der Waals surface area contributed by atoms with Gasteiger partial charge in [0, 0.05) is 24.5 Å². The molecule has 0 bridgehead atoms. The summed E-state index contributed by atoms with van der Waals surface area (Å²) in [4.78, 5) is -0.442. The van der Waals surface area contributed by atoms with Crippen molar-refractivity contribution >= 4 is 49.2 Å². The number of phenols is 1. The lowest BCUT2D eigenvalue weighted by molar-refractivity contribution is 0.0728. The summed E-state index contributed by atoms with van der Waals surface area (Å²) in [6.45, 7) is 3.77. The maximum Gasteiger partial charge on any atom is 0.294 e. The van der Waals surface area contributed by atoms with Crippen molar-refractivity contribution in [2.45, 2.75) is 11.8 Å². The third-order valence-corrected chi connectivity index (χ3v) is 7.09. The van der Waals surface area contributed by atoms with E-state index in [4.69, 9.17) is 14.7 Å². The summed E-state index contributed by atoms with van der Waals surface area (Å²) in [7, 11) is -4.50. The predicted octanol–water partition coefficient (Wildman–Crippen LogP) is 3.39. The van der Waals surface area contributed by atoms with E-state index < -0.39 is 32.0 Å². The monoisotopic (exact) mass is 506 g/mol. The third-order valence-electron chi connectivity index (χ3n) is 5.14. The first-order valence-electron chi connectivity index (χ1n) is 10.1. The summed E-state index contributed by atoms with van der Waals surface area (Å²) in [5, 5.41) is 19.2. The summed E-state index contributed by atoms with van der Waals surface area (Å²) in [6.07, 6.45) is 0. The lowest BCUT2D eigenvalue weighted by Crippen LogP contribution is -2.39. The molecule has 0 aliphatic carbocycles. The fraction of sp³-hybridized carbons (Fsp3) is 0.238. The Bertz CT molecular complexity index is 1390. The molecule has 0 saturated carbocycles. The van der Waals surface area contributed by atoms with Gasteiger partial charge in [-0.15, -0.1) is 5.11 Å². The number of nitrogens with zero attached hydrogens (tertiary/aromatic N) is 3. The first-order valence-corrected chi connectivity index (χ1v) is 12.6. The van der Waals surface area contributed by atoms with Crippen LogP contribution in [0.3, 0.4) is 0 Å². The molecule has 1 heterocycles. The van der Waals surface area contributed by atoms with Gasteiger partial charge >= 0.3 is 0 Å². The Balaban J connectivity index is 1.56. The molecular weight excluding hydrogens is 484 g/mol. The molecule has 0 spiro atoms. The van der Waals surface area contributed by atoms with Gasteiger partial charge in [0.2, 0.25) is 0 Å². The minimum absolute atomic E-state index is 0.110. The van der Waals surface area contributed by atoms with E-state index in [1.54, 1.807) is 41.6 Å². The lowest BCUT2D eigenvalue weighted by atomic mass is 10.0. The van der Waals surface area contributed by atoms with Crippen LogP contribution in [0.4, 0.5) is 17.1 Å². The number of hydrogen-bond donors (Lipinski definition) is 3. The fourth-order valence-corrected chi connectivity index (χ4v) is 4.81. The second-order valence-corrected chi connectivity index (χ2v) is 10.0. The maximum atomic E-state index is 12.3. The van der Waals surface area contributed by atoms with Crippen LogP contribution in [-0.4, -0.2) is 52.9 Å². The summed E-state index contributed by atoms with van der Waals surface area (Å²) in [5.74, 6) is -0.00131. The Kier molecular flexibility index (Phi) is 6.81. The van der Waals surface area contributed by atoms with Crippen LogP contribution < -0.4 is 9.92 Å². The Labute approximate surface area is 198 Å². The van der Waals surface area contributed by atoms with Crippen LogP contribution in [0.25, 0.3) is 10.8 Å². The van der Waals surface area contributed by atoms with E-state index in [9.17, 15) is 22.3 Å². The van der Waals surface area contributed by atoms with Crippen LogP contribution in [0.5, 0.6) is 11.5 Å². The molecule has 180 valence electrons. The minimum atomic E-state index is -4.50. The molecule has 1 saturated heterocycles. The second kappa shape index (κ2) is 9.64. The van der Waals surface area contributed by atoms with Crippen molar-refractivity contribution in [1.29, 1.82) is 0 Å². The molecule has 1 atom stereocenters. The van der Waals surface area contributed by atoms with Crippen LogP contribution in [0.2, 0.25) is 0 Å². The molecule has 34 heavy (non-hydrogen) atoms. The van der Waals surface area contributed by atoms with Crippen LogP contribution in [0, 0.1) is 6.92 Å². The van der Waals surface area contributed by atoms with E-state index >= 15 is 0 Å². The summed E-state index contributed by atoms with van der Waals surface area (Å²) >= 11 is -1.62. The number of phenolic OH excluding ortho intramolecular Hbond substituents is 1. The highest BCUT2D eigenvalue weighted by Crippen LogP contribution is 2.41. The molecule has 1 aliphatic heterocycles. The van der Waals surface area contributed by atoms with Gasteiger partial charge < -0.3 is 19.8 Å². The average molecular weight is 507 g/mol. The van der Waals surface area contributed by atoms with Crippen molar-refractivity contribution in [2.75, 3.05) is 32.0 Å². The van der Waals surface area contributed by atoms with E-state index in [0.29, 0.717) is 54.4 Å². The van der Waals surface area contributed by atoms with E-state index in [0.717, 1.165) is 6.07 Å². The highest BCUT2D eigenvalue weighted by molar-refractivity contribution is 7.85. The number of ether oxygens (including phenoxy) is 1. The topological polar surface area (TPSA) is 164 Å². The molecule has 0 radical (unpaired) electrons. The first-order chi connectivity index (χ1) is 16.1. The molecule has 3 aromatic carbocycles. The zero-order chi connectivity index (χ0) is 24.5. The van der Waals surface area contributed by atoms with E-state index in [-0.39, 0.29) is 11.1 Å². The predicted molar refractivity (Wildman–Crippen MR) is 126 cm³/mol. The van der Waals surface area contributed by atoms with Crippen molar-refractivity contribution < 1.29 is 31.2 Å². The summed E-state index contributed by atoms with van der Waals surface area (Å²) < 4.78 is 56.8. The van der Waals surface area contributed by atoms with Gasteiger partial charge in [-0.1, -0.05) is 0 Å². The second-order valence-electron chi connectivity index (χ2n) is 7.51. The van der Waals surface area contributed by atoms with Gasteiger partial charge in [0.15, 0.2) is 0 Å².